The smallest absolute Gasteiger partial charge is 0.425 e. The number of halogens is 1. The van der Waals surface area contributed by atoms with Gasteiger partial charge in [0, 0.05) is 54.9 Å². The number of hydrogen-bond donors (Lipinski definition) is 0. The van der Waals surface area contributed by atoms with Gasteiger partial charge in [0.1, 0.15) is 11.2 Å². The maximum atomic E-state index is 13.2. The molecule has 2 amide bonds. The normalized spacial score (nSPS) is 13.5. The molecular formula is C34H37ClN4O5S. The van der Waals surface area contributed by atoms with E-state index < -0.39 is 23.4 Å². The fourth-order valence-corrected chi connectivity index (χ4v) is 6.46. The molecule has 0 N–H and O–H groups in total. The molecule has 3 aromatic heterocycles. The zero-order valence-corrected chi connectivity index (χ0v) is 27.9. The van der Waals surface area contributed by atoms with Crippen LogP contribution in [0, 0.1) is 0 Å². The van der Waals surface area contributed by atoms with Crippen molar-refractivity contribution in [2.45, 2.75) is 85.2 Å². The van der Waals surface area contributed by atoms with Crippen molar-refractivity contribution in [2.24, 2.45) is 0 Å². The summed E-state index contributed by atoms with van der Waals surface area (Å²) in [6.07, 6.45) is 4.29. The van der Waals surface area contributed by atoms with Crippen molar-refractivity contribution < 1.29 is 23.9 Å². The van der Waals surface area contributed by atoms with E-state index in [0.717, 1.165) is 33.8 Å². The Balaban J connectivity index is 1.29. The zero-order valence-electron chi connectivity index (χ0n) is 26.3. The van der Waals surface area contributed by atoms with Crippen molar-refractivity contribution in [3.05, 3.63) is 86.5 Å². The van der Waals surface area contributed by atoms with E-state index in [4.69, 9.17) is 21.1 Å². The molecule has 1 aromatic carbocycles. The van der Waals surface area contributed by atoms with Gasteiger partial charge in [0.05, 0.1) is 9.90 Å². The third kappa shape index (κ3) is 8.06. The summed E-state index contributed by atoms with van der Waals surface area (Å²) >= 11 is 8.01. The number of carbonyl (C=O) groups is 3. The van der Waals surface area contributed by atoms with E-state index in [1.807, 2.05) is 30.6 Å². The number of rotatable bonds is 7. The predicted octanol–water partition coefficient (Wildman–Crippen LogP) is 8.35. The summed E-state index contributed by atoms with van der Waals surface area (Å²) in [6, 6.07) is 11.2. The first-order valence-electron chi connectivity index (χ1n) is 14.8. The van der Waals surface area contributed by atoms with E-state index in [9.17, 15) is 14.4 Å². The first kappa shape index (κ1) is 32.5. The number of imide groups is 1. The molecule has 45 heavy (non-hydrogen) atoms. The number of ketones is 1. The standard InChI is InChI=1S/C34H37ClN4O5S/c1-33(2,3)43-31(41)39(32(42)44-34(4,5)6)30-25-9-7-21(15-22(25)12-14-37-30)8-10-27(40)28-16-26(35)29(45-28)20-38-18-23-11-13-36-17-24(23)19-38/h7,9,11-17H,8,10,18-20H2,1-6H3. The number of thiophene rings is 1. The summed E-state index contributed by atoms with van der Waals surface area (Å²) in [7, 11) is 0. The number of nitrogens with zero attached hydrogens (tertiary/aromatic N) is 4. The van der Waals surface area contributed by atoms with Crippen LogP contribution in [0.5, 0.6) is 0 Å². The third-order valence-corrected chi connectivity index (χ3v) is 8.61. The Morgan fingerprint density at radius 2 is 1.62 bits per heavy atom. The number of Topliss-reactive ketones (excluding diaryl/α,β-unsaturated/α-hetero) is 1. The molecule has 9 nitrogen and oxygen atoms in total. The second-order valence-corrected chi connectivity index (χ2v) is 14.6. The van der Waals surface area contributed by atoms with E-state index >= 15 is 0 Å². The molecular weight excluding hydrogens is 612 g/mol. The highest BCUT2D eigenvalue weighted by molar-refractivity contribution is 7.14. The van der Waals surface area contributed by atoms with Crippen molar-refractivity contribution in [2.75, 3.05) is 4.90 Å². The van der Waals surface area contributed by atoms with Crippen LogP contribution in [0.1, 0.15) is 79.2 Å². The quantitative estimate of drug-likeness (QED) is 0.184. The average molecular weight is 649 g/mol. The first-order valence-corrected chi connectivity index (χ1v) is 16.0. The molecule has 0 unspecified atom stereocenters. The van der Waals surface area contributed by atoms with Gasteiger partial charge in [0.15, 0.2) is 11.6 Å². The molecule has 0 radical (unpaired) electrons. The minimum Gasteiger partial charge on any atom is -0.443 e. The van der Waals surface area contributed by atoms with Gasteiger partial charge in [-0.1, -0.05) is 29.8 Å². The lowest BCUT2D eigenvalue weighted by atomic mass is 10.0. The van der Waals surface area contributed by atoms with Gasteiger partial charge in [0.25, 0.3) is 0 Å². The predicted molar refractivity (Wildman–Crippen MR) is 176 cm³/mol. The van der Waals surface area contributed by atoms with Gasteiger partial charge in [0.2, 0.25) is 0 Å². The average Bonchev–Trinajstić information content (AvgIpc) is 3.52. The maximum Gasteiger partial charge on any atom is 0.425 e. The van der Waals surface area contributed by atoms with Crippen LogP contribution in [0.3, 0.4) is 0 Å². The van der Waals surface area contributed by atoms with Gasteiger partial charge in [-0.3, -0.25) is 14.7 Å². The Kier molecular flexibility index (Phi) is 9.30. The summed E-state index contributed by atoms with van der Waals surface area (Å²) in [5.41, 5.74) is 1.75. The summed E-state index contributed by atoms with van der Waals surface area (Å²) in [6.45, 7) is 12.6. The molecule has 5 rings (SSSR count). The second-order valence-electron chi connectivity index (χ2n) is 13.1. The van der Waals surface area contributed by atoms with E-state index in [0.29, 0.717) is 34.7 Å². The number of benzene rings is 1. The summed E-state index contributed by atoms with van der Waals surface area (Å²) in [5, 5.41) is 1.94. The van der Waals surface area contributed by atoms with E-state index in [1.165, 1.54) is 28.7 Å². The minimum atomic E-state index is -0.883. The number of fused-ring (bicyclic) bond motifs is 2. The highest BCUT2D eigenvalue weighted by atomic mass is 35.5. The van der Waals surface area contributed by atoms with Crippen molar-refractivity contribution in [1.82, 2.24) is 14.9 Å². The number of aromatic nitrogens is 2. The molecule has 236 valence electrons. The second kappa shape index (κ2) is 12.9. The summed E-state index contributed by atoms with van der Waals surface area (Å²) < 4.78 is 11.1. The molecule has 4 heterocycles. The maximum absolute atomic E-state index is 13.2. The van der Waals surface area contributed by atoms with Crippen LogP contribution in [-0.4, -0.2) is 44.0 Å². The van der Waals surface area contributed by atoms with Gasteiger partial charge in [-0.15, -0.1) is 11.3 Å². The van der Waals surface area contributed by atoms with Crippen molar-refractivity contribution in [3.8, 4) is 0 Å². The molecule has 0 saturated carbocycles. The largest absolute Gasteiger partial charge is 0.443 e. The Labute approximate surface area is 272 Å². The fourth-order valence-electron chi connectivity index (χ4n) is 5.05. The van der Waals surface area contributed by atoms with E-state index in [-0.39, 0.29) is 11.6 Å². The number of anilines is 1. The number of amides is 2. The topological polar surface area (TPSA) is 102 Å². The highest BCUT2D eigenvalue weighted by Crippen LogP contribution is 2.33. The van der Waals surface area contributed by atoms with Gasteiger partial charge in [-0.25, -0.2) is 14.6 Å². The zero-order chi connectivity index (χ0) is 32.5. The third-order valence-electron chi connectivity index (χ3n) is 7.00. The lowest BCUT2D eigenvalue weighted by Gasteiger charge is -2.28. The number of hydrogen-bond acceptors (Lipinski definition) is 9. The van der Waals surface area contributed by atoms with Gasteiger partial charge in [-0.2, -0.15) is 4.90 Å². The molecule has 0 fully saturated rings. The molecule has 4 aromatic rings. The molecule has 0 bridgehead atoms. The van der Waals surface area contributed by atoms with Crippen LogP contribution in [0.2, 0.25) is 5.02 Å². The Morgan fingerprint density at radius 3 is 2.29 bits per heavy atom. The molecule has 0 spiro atoms. The van der Waals surface area contributed by atoms with Crippen molar-refractivity contribution >= 4 is 57.5 Å². The first-order chi connectivity index (χ1) is 21.2. The number of pyridine rings is 2. The molecule has 0 aliphatic carbocycles. The van der Waals surface area contributed by atoms with Crippen molar-refractivity contribution in [1.29, 1.82) is 0 Å². The molecule has 0 atom stereocenters. The van der Waals surface area contributed by atoms with Crippen LogP contribution in [0.25, 0.3) is 10.8 Å². The molecule has 1 aliphatic rings. The van der Waals surface area contributed by atoms with Crippen LogP contribution in [-0.2, 0) is 35.5 Å². The van der Waals surface area contributed by atoms with Gasteiger partial charge < -0.3 is 9.47 Å². The number of aryl methyl sites for hydroxylation is 1. The van der Waals surface area contributed by atoms with Crippen LogP contribution < -0.4 is 4.90 Å². The van der Waals surface area contributed by atoms with Crippen LogP contribution in [0.15, 0.2) is 55.0 Å². The Hall–Kier alpha value is -3.86. The van der Waals surface area contributed by atoms with E-state index in [2.05, 4.69) is 14.9 Å². The Bertz CT molecular complexity index is 1700. The fraction of sp³-hybridized carbons (Fsp3) is 0.382. The molecule has 1 aliphatic heterocycles. The SMILES string of the molecule is CC(C)(C)OC(=O)N(C(=O)OC(C)(C)C)c1nccc2cc(CCC(=O)c3cc(Cl)c(CN4Cc5ccncc5C4)s3)ccc12. The summed E-state index contributed by atoms with van der Waals surface area (Å²) in [5.74, 6) is 0.135. The minimum absolute atomic E-state index is 0.0265. The molecule has 0 saturated heterocycles. The van der Waals surface area contributed by atoms with E-state index in [1.54, 1.807) is 59.7 Å². The lowest BCUT2D eigenvalue weighted by Crippen LogP contribution is -2.44. The van der Waals surface area contributed by atoms with Crippen LogP contribution >= 0.6 is 22.9 Å². The Morgan fingerprint density at radius 1 is 0.933 bits per heavy atom. The van der Waals surface area contributed by atoms with Gasteiger partial charge >= 0.3 is 12.2 Å². The monoisotopic (exact) mass is 648 g/mol. The van der Waals surface area contributed by atoms with Gasteiger partial charge in [-0.05, 0) is 88.2 Å². The van der Waals surface area contributed by atoms with Crippen molar-refractivity contribution in [3.63, 3.8) is 0 Å². The number of carbonyl (C=O) groups excluding carboxylic acids is 3. The van der Waals surface area contributed by atoms with Crippen LogP contribution in [0.4, 0.5) is 15.4 Å². The highest BCUT2D eigenvalue weighted by Gasteiger charge is 2.34. The molecule has 11 heteroatoms. The summed E-state index contributed by atoms with van der Waals surface area (Å²) in [4.78, 5) is 52.9. The number of ether oxygens (including phenoxy) is 2. The lowest BCUT2D eigenvalue weighted by molar-refractivity contribution is 0.0429.